The number of aliphatic imine (C=N–C) groups is 1. The predicted molar refractivity (Wildman–Crippen MR) is 104 cm³/mol. The highest BCUT2D eigenvalue weighted by Crippen LogP contribution is 2.40. The molecule has 3 heterocycles. The number of aromatic nitrogens is 2. The normalized spacial score (nSPS) is 20.8. The van der Waals surface area contributed by atoms with Crippen LogP contribution in [0, 0.1) is 11.8 Å². The van der Waals surface area contributed by atoms with Crippen LogP contribution in [0.4, 0.5) is 8.78 Å². The zero-order valence-corrected chi connectivity index (χ0v) is 15.5. The van der Waals surface area contributed by atoms with Crippen LogP contribution in [0.3, 0.4) is 0 Å². The second-order valence-corrected chi connectivity index (χ2v) is 6.74. The Bertz CT molecular complexity index is 1090. The molecule has 0 radical (unpaired) electrons. The Labute approximate surface area is 165 Å². The van der Waals surface area contributed by atoms with Crippen molar-refractivity contribution in [2.75, 3.05) is 6.61 Å². The van der Waals surface area contributed by atoms with Gasteiger partial charge in [0.25, 0.3) is 0 Å². The van der Waals surface area contributed by atoms with E-state index in [9.17, 15) is 13.6 Å². The standard InChI is InChI=1S/C21H18F2N4O2/c1-13-21(14-2-4-16(22)5-3-14,15-8-9-24-18(23)10-15)27-19(26-13)12-29-17-6-7-20(28)25-11-17/h2-11,13H,12H2,1H3,(H,25,28)(H,26,27)/t13-,21+/m0/s1. The molecule has 0 aliphatic carbocycles. The van der Waals surface area contributed by atoms with Gasteiger partial charge in [-0.3, -0.25) is 9.79 Å². The van der Waals surface area contributed by atoms with Crippen molar-refractivity contribution >= 4 is 5.84 Å². The van der Waals surface area contributed by atoms with Gasteiger partial charge in [-0.05, 0) is 48.4 Å². The van der Waals surface area contributed by atoms with E-state index < -0.39 is 11.5 Å². The minimum Gasteiger partial charge on any atom is -0.484 e. The number of halogens is 2. The maximum atomic E-state index is 13.9. The number of aromatic amines is 1. The Kier molecular flexibility index (Phi) is 4.84. The lowest BCUT2D eigenvalue weighted by Gasteiger charge is -2.31. The Morgan fingerprint density at radius 3 is 2.59 bits per heavy atom. The van der Waals surface area contributed by atoms with Crippen LogP contribution in [-0.2, 0) is 5.54 Å². The number of rotatable bonds is 5. The van der Waals surface area contributed by atoms with Gasteiger partial charge in [0.05, 0.1) is 6.04 Å². The van der Waals surface area contributed by atoms with Gasteiger partial charge in [-0.2, -0.15) is 4.39 Å². The number of H-pyrrole nitrogens is 1. The first-order valence-corrected chi connectivity index (χ1v) is 9.02. The summed E-state index contributed by atoms with van der Waals surface area (Å²) >= 11 is 0. The van der Waals surface area contributed by atoms with Gasteiger partial charge in [0, 0.05) is 18.5 Å². The number of ether oxygens (including phenoxy) is 1. The summed E-state index contributed by atoms with van der Waals surface area (Å²) < 4.78 is 33.1. The van der Waals surface area contributed by atoms with Crippen molar-refractivity contribution in [2.24, 2.45) is 4.99 Å². The highest BCUT2D eigenvalue weighted by Gasteiger charge is 2.45. The number of nitrogens with zero attached hydrogens (tertiary/aromatic N) is 2. The zero-order valence-electron chi connectivity index (χ0n) is 15.5. The van der Waals surface area contributed by atoms with Crippen molar-refractivity contribution in [3.63, 3.8) is 0 Å². The zero-order chi connectivity index (χ0) is 20.4. The van der Waals surface area contributed by atoms with Gasteiger partial charge in [-0.25, -0.2) is 9.37 Å². The molecular formula is C21H18F2N4O2. The summed E-state index contributed by atoms with van der Waals surface area (Å²) in [5.41, 5.74) is 0.109. The Balaban J connectivity index is 1.72. The van der Waals surface area contributed by atoms with E-state index in [-0.39, 0.29) is 24.0 Å². The summed E-state index contributed by atoms with van der Waals surface area (Å²) in [6, 6.07) is 11.7. The topological polar surface area (TPSA) is 79.4 Å². The number of pyridine rings is 2. The molecule has 148 valence electrons. The Morgan fingerprint density at radius 2 is 1.90 bits per heavy atom. The van der Waals surface area contributed by atoms with Gasteiger partial charge < -0.3 is 15.0 Å². The van der Waals surface area contributed by atoms with Crippen LogP contribution >= 0.6 is 0 Å². The number of hydrogen-bond acceptors (Lipinski definition) is 5. The van der Waals surface area contributed by atoms with Gasteiger partial charge >= 0.3 is 0 Å². The summed E-state index contributed by atoms with van der Waals surface area (Å²) in [7, 11) is 0. The second-order valence-electron chi connectivity index (χ2n) is 6.74. The molecule has 2 atom stereocenters. The molecule has 8 heteroatoms. The first-order chi connectivity index (χ1) is 14.0. The fourth-order valence-corrected chi connectivity index (χ4v) is 3.55. The molecule has 3 aromatic rings. The first-order valence-electron chi connectivity index (χ1n) is 9.02. The van der Waals surface area contributed by atoms with Crippen LogP contribution in [0.5, 0.6) is 5.75 Å². The number of amidine groups is 1. The molecule has 0 bridgehead atoms. The van der Waals surface area contributed by atoms with Crippen molar-refractivity contribution < 1.29 is 13.5 Å². The summed E-state index contributed by atoms with van der Waals surface area (Å²) in [5, 5.41) is 3.27. The van der Waals surface area contributed by atoms with E-state index in [2.05, 4.69) is 15.3 Å². The maximum absolute atomic E-state index is 13.9. The first kappa shape index (κ1) is 18.8. The minimum atomic E-state index is -0.971. The van der Waals surface area contributed by atoms with E-state index in [1.165, 1.54) is 36.7 Å². The van der Waals surface area contributed by atoms with Crippen LogP contribution in [0.2, 0.25) is 0 Å². The maximum Gasteiger partial charge on any atom is 0.248 e. The number of hydrogen-bond donors (Lipinski definition) is 2. The number of benzene rings is 1. The Hall–Kier alpha value is -3.55. The third kappa shape index (κ3) is 3.61. The highest BCUT2D eigenvalue weighted by atomic mass is 19.1. The lowest BCUT2D eigenvalue weighted by molar-refractivity contribution is 0.370. The third-order valence-electron chi connectivity index (χ3n) is 4.90. The number of nitrogens with one attached hydrogen (secondary N) is 2. The molecule has 0 saturated carbocycles. The van der Waals surface area contributed by atoms with Crippen LogP contribution in [0.15, 0.2) is 70.7 Å². The van der Waals surface area contributed by atoms with Crippen molar-refractivity contribution in [1.82, 2.24) is 15.3 Å². The fourth-order valence-electron chi connectivity index (χ4n) is 3.55. The van der Waals surface area contributed by atoms with Gasteiger partial charge in [0.15, 0.2) is 0 Å². The molecule has 2 N–H and O–H groups in total. The average molecular weight is 396 g/mol. The highest BCUT2D eigenvalue weighted by molar-refractivity contribution is 5.87. The van der Waals surface area contributed by atoms with Gasteiger partial charge in [-0.1, -0.05) is 12.1 Å². The lowest BCUT2D eigenvalue weighted by atomic mass is 9.79. The van der Waals surface area contributed by atoms with Crippen molar-refractivity contribution in [3.05, 3.63) is 94.2 Å². The lowest BCUT2D eigenvalue weighted by Crippen LogP contribution is -2.41. The molecular weight excluding hydrogens is 378 g/mol. The summed E-state index contributed by atoms with van der Waals surface area (Å²) in [6.45, 7) is 2.03. The molecule has 4 rings (SSSR count). The molecule has 2 aromatic heterocycles. The van der Waals surface area contributed by atoms with Crippen molar-refractivity contribution in [3.8, 4) is 5.75 Å². The molecule has 0 unspecified atom stereocenters. The van der Waals surface area contributed by atoms with E-state index in [0.717, 1.165) is 0 Å². The van der Waals surface area contributed by atoms with Gasteiger partial charge in [0.1, 0.15) is 29.5 Å². The van der Waals surface area contributed by atoms with Crippen molar-refractivity contribution in [1.29, 1.82) is 0 Å². The van der Waals surface area contributed by atoms with E-state index in [4.69, 9.17) is 9.73 Å². The summed E-state index contributed by atoms with van der Waals surface area (Å²) in [4.78, 5) is 22.2. The molecule has 0 saturated heterocycles. The Morgan fingerprint density at radius 1 is 1.10 bits per heavy atom. The minimum absolute atomic E-state index is 0.118. The van der Waals surface area contributed by atoms with Crippen LogP contribution in [0.1, 0.15) is 18.1 Å². The molecule has 1 aliphatic rings. The average Bonchev–Trinajstić information content (AvgIpc) is 3.05. The second kappa shape index (κ2) is 7.46. The summed E-state index contributed by atoms with van der Waals surface area (Å²) in [5.74, 6) is 0.0413. The molecule has 1 aromatic carbocycles. The van der Waals surface area contributed by atoms with Gasteiger partial charge in [-0.15, -0.1) is 0 Å². The van der Waals surface area contributed by atoms with Gasteiger partial charge in [0.2, 0.25) is 11.5 Å². The van der Waals surface area contributed by atoms with Crippen LogP contribution in [0.25, 0.3) is 0 Å². The summed E-state index contributed by atoms with van der Waals surface area (Å²) in [6.07, 6.45) is 2.85. The molecule has 0 spiro atoms. The largest absolute Gasteiger partial charge is 0.484 e. The molecule has 1 aliphatic heterocycles. The van der Waals surface area contributed by atoms with E-state index >= 15 is 0 Å². The van der Waals surface area contributed by atoms with E-state index in [1.807, 2.05) is 6.92 Å². The SMILES string of the molecule is C[C@@H]1NC(COc2ccc(=O)[nH]c2)=N[C@]1(c1ccc(F)cc1)c1ccnc(F)c1. The monoisotopic (exact) mass is 396 g/mol. The molecule has 29 heavy (non-hydrogen) atoms. The molecule has 0 fully saturated rings. The van der Waals surface area contributed by atoms with E-state index in [0.29, 0.717) is 22.7 Å². The van der Waals surface area contributed by atoms with Crippen LogP contribution in [-0.4, -0.2) is 28.5 Å². The smallest absolute Gasteiger partial charge is 0.248 e. The fraction of sp³-hybridized carbons (Fsp3) is 0.190. The third-order valence-corrected chi connectivity index (χ3v) is 4.90. The van der Waals surface area contributed by atoms with E-state index in [1.54, 1.807) is 24.3 Å². The van der Waals surface area contributed by atoms with Crippen LogP contribution < -0.4 is 15.6 Å². The molecule has 0 amide bonds. The quantitative estimate of drug-likeness (QED) is 0.650. The predicted octanol–water partition coefficient (Wildman–Crippen LogP) is 2.76. The molecule has 6 nitrogen and oxygen atoms in total. The van der Waals surface area contributed by atoms with Crippen molar-refractivity contribution in [2.45, 2.75) is 18.5 Å².